The Morgan fingerprint density at radius 2 is 1.74 bits per heavy atom. The van der Waals surface area contributed by atoms with E-state index in [1.54, 1.807) is 17.0 Å². The first-order chi connectivity index (χ1) is 20.5. The van der Waals surface area contributed by atoms with E-state index in [1.807, 2.05) is 17.0 Å². The minimum atomic E-state index is -0.608. The summed E-state index contributed by atoms with van der Waals surface area (Å²) < 4.78 is 13.6. The number of allylic oxidation sites excluding steroid dienone is 1. The van der Waals surface area contributed by atoms with Gasteiger partial charge in [-0.05, 0) is 71.6 Å². The SMILES string of the molecule is CC1(C)CCC(C(=O)N2CC3(CN(Cc4ccc5c(c4)CN(C4CCC(=O)NC4=O)C5=O)C3)C2)=C(c2ccc(F)cc2)C1. The van der Waals surface area contributed by atoms with Gasteiger partial charge in [0.05, 0.1) is 0 Å². The first kappa shape index (κ1) is 28.0. The molecule has 1 atom stereocenters. The molecule has 4 heterocycles. The van der Waals surface area contributed by atoms with E-state index >= 15 is 0 Å². The van der Waals surface area contributed by atoms with Crippen LogP contribution in [0.3, 0.4) is 0 Å². The van der Waals surface area contributed by atoms with E-state index in [0.717, 1.165) is 79.8 Å². The van der Waals surface area contributed by atoms with E-state index in [-0.39, 0.29) is 40.8 Å². The van der Waals surface area contributed by atoms with E-state index < -0.39 is 11.9 Å². The number of fused-ring (bicyclic) bond motifs is 1. The summed E-state index contributed by atoms with van der Waals surface area (Å²) in [6.45, 7) is 8.96. The van der Waals surface area contributed by atoms with Crippen molar-refractivity contribution < 1.29 is 23.6 Å². The van der Waals surface area contributed by atoms with Crippen LogP contribution >= 0.6 is 0 Å². The Balaban J connectivity index is 0.963. The zero-order valence-electron chi connectivity index (χ0n) is 24.7. The van der Waals surface area contributed by atoms with Gasteiger partial charge in [-0.25, -0.2) is 4.39 Å². The molecular weight excluding hydrogens is 547 g/mol. The standard InChI is InChI=1S/C34H37FN4O4/c1-33(2)12-11-26(27(14-33)22-4-6-24(35)7-5-22)31(42)38-19-34(20-38)17-37(18-34)15-21-3-8-25-23(13-21)16-39(32(25)43)28-9-10-29(40)36-30(28)41/h3-8,13,28H,9-12,14-20H2,1-2H3,(H,36,40,41). The number of carbonyl (C=O) groups excluding carboxylic acids is 4. The molecule has 4 aliphatic heterocycles. The average Bonchev–Trinajstić information content (AvgIpc) is 3.24. The van der Waals surface area contributed by atoms with Crippen LogP contribution in [0.2, 0.25) is 0 Å². The summed E-state index contributed by atoms with van der Waals surface area (Å²) in [7, 11) is 0. The van der Waals surface area contributed by atoms with Crippen molar-refractivity contribution in [2.24, 2.45) is 10.8 Å². The number of carbonyl (C=O) groups is 4. The summed E-state index contributed by atoms with van der Waals surface area (Å²) in [4.78, 5) is 56.5. The summed E-state index contributed by atoms with van der Waals surface area (Å²) in [5.41, 5.74) is 5.80. The number of nitrogens with one attached hydrogen (secondary N) is 1. The van der Waals surface area contributed by atoms with Crippen LogP contribution in [-0.2, 0) is 27.5 Å². The lowest BCUT2D eigenvalue weighted by Crippen LogP contribution is -2.72. The second-order valence-corrected chi connectivity index (χ2v) is 14.0. The molecule has 9 heteroatoms. The van der Waals surface area contributed by atoms with Crippen LogP contribution < -0.4 is 5.32 Å². The molecular formula is C34H37FN4O4. The molecule has 0 bridgehead atoms. The number of hydrogen-bond donors (Lipinski definition) is 1. The smallest absolute Gasteiger partial charge is 0.255 e. The first-order valence-electron chi connectivity index (χ1n) is 15.3. The van der Waals surface area contributed by atoms with Gasteiger partial charge < -0.3 is 9.80 Å². The predicted molar refractivity (Wildman–Crippen MR) is 158 cm³/mol. The maximum atomic E-state index is 13.7. The molecule has 3 saturated heterocycles. The minimum Gasteiger partial charge on any atom is -0.337 e. The highest BCUT2D eigenvalue weighted by molar-refractivity contribution is 6.05. The van der Waals surface area contributed by atoms with Crippen LogP contribution in [0.4, 0.5) is 4.39 Å². The third kappa shape index (κ3) is 5.07. The van der Waals surface area contributed by atoms with E-state index in [0.29, 0.717) is 18.5 Å². The highest BCUT2D eigenvalue weighted by Gasteiger charge is 2.53. The van der Waals surface area contributed by atoms with Gasteiger partial charge in [0, 0.05) is 62.2 Å². The lowest BCUT2D eigenvalue weighted by atomic mass is 9.70. The highest BCUT2D eigenvalue weighted by Crippen LogP contribution is 2.46. The molecule has 0 saturated carbocycles. The van der Waals surface area contributed by atoms with Crippen LogP contribution in [0, 0.1) is 16.6 Å². The summed E-state index contributed by atoms with van der Waals surface area (Å²) in [5, 5.41) is 2.35. The lowest BCUT2D eigenvalue weighted by molar-refractivity contribution is -0.156. The minimum absolute atomic E-state index is 0.103. The fraction of sp³-hybridized carbons (Fsp3) is 0.471. The van der Waals surface area contributed by atoms with Gasteiger partial charge in [0.1, 0.15) is 11.9 Å². The molecule has 0 radical (unpaired) electrons. The molecule has 1 spiro atoms. The van der Waals surface area contributed by atoms with Gasteiger partial charge in [-0.2, -0.15) is 0 Å². The second kappa shape index (κ2) is 10.1. The Hall–Kier alpha value is -3.85. The summed E-state index contributed by atoms with van der Waals surface area (Å²) >= 11 is 0. The second-order valence-electron chi connectivity index (χ2n) is 14.0. The third-order valence-corrected chi connectivity index (χ3v) is 9.97. The van der Waals surface area contributed by atoms with Crippen molar-refractivity contribution in [3.05, 3.63) is 76.1 Å². The van der Waals surface area contributed by atoms with Crippen molar-refractivity contribution in [2.45, 2.75) is 65.1 Å². The van der Waals surface area contributed by atoms with E-state index in [9.17, 15) is 23.6 Å². The predicted octanol–water partition coefficient (Wildman–Crippen LogP) is 3.89. The summed E-state index contributed by atoms with van der Waals surface area (Å²) in [6, 6.07) is 11.8. The molecule has 4 amide bonds. The molecule has 224 valence electrons. The molecule has 3 fully saturated rings. The molecule has 7 rings (SSSR count). The van der Waals surface area contributed by atoms with E-state index in [2.05, 4.69) is 30.1 Å². The van der Waals surface area contributed by atoms with Crippen LogP contribution in [0.5, 0.6) is 0 Å². The first-order valence-corrected chi connectivity index (χ1v) is 15.3. The summed E-state index contributed by atoms with van der Waals surface area (Å²) in [5.74, 6) is -0.982. The van der Waals surface area contributed by atoms with Crippen molar-refractivity contribution in [2.75, 3.05) is 26.2 Å². The molecule has 0 aromatic heterocycles. The number of hydrogen-bond acceptors (Lipinski definition) is 5. The van der Waals surface area contributed by atoms with Crippen LogP contribution in [0.25, 0.3) is 5.57 Å². The number of piperidine rings is 1. The molecule has 1 aliphatic carbocycles. The van der Waals surface area contributed by atoms with Gasteiger partial charge in [0.15, 0.2) is 0 Å². The maximum Gasteiger partial charge on any atom is 0.255 e. The van der Waals surface area contributed by atoms with Crippen molar-refractivity contribution in [1.29, 1.82) is 0 Å². The van der Waals surface area contributed by atoms with Gasteiger partial charge in [-0.3, -0.25) is 29.4 Å². The molecule has 8 nitrogen and oxygen atoms in total. The monoisotopic (exact) mass is 584 g/mol. The van der Waals surface area contributed by atoms with Crippen LogP contribution in [0.15, 0.2) is 48.0 Å². The van der Waals surface area contributed by atoms with Crippen molar-refractivity contribution in [3.8, 4) is 0 Å². The molecule has 1 N–H and O–H groups in total. The maximum absolute atomic E-state index is 13.7. The zero-order chi connectivity index (χ0) is 30.1. The molecule has 5 aliphatic rings. The summed E-state index contributed by atoms with van der Waals surface area (Å²) in [6.07, 6.45) is 3.12. The van der Waals surface area contributed by atoms with E-state index in [1.165, 1.54) is 12.1 Å². The Morgan fingerprint density at radius 1 is 1.00 bits per heavy atom. The van der Waals surface area contributed by atoms with E-state index in [4.69, 9.17) is 0 Å². The fourth-order valence-corrected chi connectivity index (χ4v) is 7.75. The van der Waals surface area contributed by atoms with Crippen molar-refractivity contribution in [1.82, 2.24) is 20.0 Å². The van der Waals surface area contributed by atoms with Gasteiger partial charge >= 0.3 is 0 Å². The fourth-order valence-electron chi connectivity index (χ4n) is 7.75. The average molecular weight is 585 g/mol. The number of rotatable bonds is 5. The van der Waals surface area contributed by atoms with Gasteiger partial charge in [-0.1, -0.05) is 38.1 Å². The number of benzene rings is 2. The Kier molecular flexibility index (Phi) is 6.57. The van der Waals surface area contributed by atoms with Crippen molar-refractivity contribution in [3.63, 3.8) is 0 Å². The van der Waals surface area contributed by atoms with Crippen molar-refractivity contribution >= 4 is 29.2 Å². The number of halogens is 1. The van der Waals surface area contributed by atoms with Gasteiger partial charge in [-0.15, -0.1) is 0 Å². The number of imide groups is 1. The number of likely N-dealkylation sites (tertiary alicyclic amines) is 2. The normalized spacial score (nSPS) is 24.5. The zero-order valence-corrected chi connectivity index (χ0v) is 24.7. The lowest BCUT2D eigenvalue weighted by Gasteiger charge is -2.60. The Bertz CT molecular complexity index is 1570. The Morgan fingerprint density at radius 3 is 2.47 bits per heavy atom. The molecule has 43 heavy (non-hydrogen) atoms. The quantitative estimate of drug-likeness (QED) is 0.539. The topological polar surface area (TPSA) is 90.0 Å². The van der Waals surface area contributed by atoms with Crippen LogP contribution in [-0.4, -0.2) is 70.5 Å². The van der Waals surface area contributed by atoms with Gasteiger partial charge in [0.25, 0.3) is 5.91 Å². The Labute approximate surface area is 250 Å². The molecule has 2 aromatic rings. The van der Waals surface area contributed by atoms with Crippen LogP contribution in [0.1, 0.15) is 73.0 Å². The number of nitrogens with zero attached hydrogens (tertiary/aromatic N) is 3. The molecule has 1 unspecified atom stereocenters. The highest BCUT2D eigenvalue weighted by atomic mass is 19.1. The molecule has 2 aromatic carbocycles. The number of amides is 4. The third-order valence-electron chi connectivity index (χ3n) is 9.97. The van der Waals surface area contributed by atoms with Gasteiger partial charge in [0.2, 0.25) is 17.7 Å². The largest absolute Gasteiger partial charge is 0.337 e.